The Bertz CT molecular complexity index is 1910. The molecule has 0 fully saturated rings. The smallest absolute Gasteiger partial charge is 0.310 e. The maximum atomic E-state index is 12.6. The van der Waals surface area contributed by atoms with Gasteiger partial charge in [0.05, 0.1) is 28.9 Å². The van der Waals surface area contributed by atoms with Gasteiger partial charge in [-0.3, -0.25) is 9.78 Å². The van der Waals surface area contributed by atoms with Gasteiger partial charge in [-0.25, -0.2) is 9.97 Å². The second-order valence-corrected chi connectivity index (χ2v) is 11.2. The van der Waals surface area contributed by atoms with Crippen molar-refractivity contribution in [1.82, 2.24) is 19.5 Å². The summed E-state index contributed by atoms with van der Waals surface area (Å²) >= 11 is 7.82. The summed E-state index contributed by atoms with van der Waals surface area (Å²) in [7, 11) is 2.02. The van der Waals surface area contributed by atoms with Crippen molar-refractivity contribution in [3.63, 3.8) is 0 Å². The molecular weight excluding hydrogens is 540 g/mol. The number of benzene rings is 2. The molecular formula is C32H27ClN4O2S. The fourth-order valence-electron chi connectivity index (χ4n) is 5.08. The number of pyridine rings is 2. The van der Waals surface area contributed by atoms with Crippen molar-refractivity contribution < 1.29 is 9.53 Å². The summed E-state index contributed by atoms with van der Waals surface area (Å²) in [6.07, 6.45) is 3.87. The fourth-order valence-corrected chi connectivity index (χ4v) is 6.34. The monoisotopic (exact) mass is 566 g/mol. The molecule has 6 nitrogen and oxygen atoms in total. The number of aryl methyl sites for hydroxylation is 3. The van der Waals surface area contributed by atoms with Crippen molar-refractivity contribution >= 4 is 50.2 Å². The average Bonchev–Trinajstić information content (AvgIpc) is 3.49. The molecule has 4 heterocycles. The molecule has 0 saturated heterocycles. The highest BCUT2D eigenvalue weighted by Gasteiger charge is 2.20. The molecule has 0 aliphatic carbocycles. The van der Waals surface area contributed by atoms with Gasteiger partial charge in [0.1, 0.15) is 10.7 Å². The van der Waals surface area contributed by atoms with Crippen molar-refractivity contribution in [2.75, 3.05) is 6.61 Å². The van der Waals surface area contributed by atoms with Crippen LogP contribution in [0.4, 0.5) is 0 Å². The predicted molar refractivity (Wildman–Crippen MR) is 163 cm³/mol. The van der Waals surface area contributed by atoms with E-state index in [4.69, 9.17) is 21.3 Å². The number of esters is 1. The minimum atomic E-state index is -0.247. The van der Waals surface area contributed by atoms with E-state index >= 15 is 0 Å². The van der Waals surface area contributed by atoms with Crippen LogP contribution in [0.25, 0.3) is 54.2 Å². The molecule has 0 aliphatic rings. The summed E-state index contributed by atoms with van der Waals surface area (Å²) in [5, 5.41) is 2.63. The van der Waals surface area contributed by atoms with E-state index in [1.807, 2.05) is 63.6 Å². The zero-order valence-electron chi connectivity index (χ0n) is 22.7. The Balaban J connectivity index is 1.48. The van der Waals surface area contributed by atoms with Crippen molar-refractivity contribution in [2.24, 2.45) is 7.05 Å². The molecule has 0 N–H and O–H groups in total. The molecule has 200 valence electrons. The minimum Gasteiger partial charge on any atom is -0.466 e. The Morgan fingerprint density at radius 1 is 1.00 bits per heavy atom. The number of aromatic nitrogens is 4. The van der Waals surface area contributed by atoms with Crippen LogP contribution >= 0.6 is 22.9 Å². The highest BCUT2D eigenvalue weighted by molar-refractivity contribution is 7.22. The maximum absolute atomic E-state index is 12.6. The maximum Gasteiger partial charge on any atom is 0.310 e. The van der Waals surface area contributed by atoms with Gasteiger partial charge in [0.25, 0.3) is 0 Å². The first-order valence-corrected chi connectivity index (χ1v) is 14.2. The van der Waals surface area contributed by atoms with Gasteiger partial charge in [-0.15, -0.1) is 11.3 Å². The van der Waals surface area contributed by atoms with Crippen LogP contribution in [0.1, 0.15) is 23.7 Å². The van der Waals surface area contributed by atoms with Gasteiger partial charge >= 0.3 is 5.97 Å². The first-order chi connectivity index (χ1) is 19.3. The van der Waals surface area contributed by atoms with E-state index in [0.717, 1.165) is 71.0 Å². The average molecular weight is 567 g/mol. The van der Waals surface area contributed by atoms with Crippen molar-refractivity contribution in [2.45, 2.75) is 27.2 Å². The molecule has 0 unspecified atom stereocenters. The van der Waals surface area contributed by atoms with Gasteiger partial charge in [0, 0.05) is 52.2 Å². The lowest BCUT2D eigenvalue weighted by molar-refractivity contribution is -0.142. The topological polar surface area (TPSA) is 69.9 Å². The summed E-state index contributed by atoms with van der Waals surface area (Å²) in [6, 6.07) is 18.1. The van der Waals surface area contributed by atoms with E-state index in [1.54, 1.807) is 11.3 Å². The van der Waals surface area contributed by atoms with Gasteiger partial charge in [0.2, 0.25) is 0 Å². The molecule has 0 bridgehead atoms. The highest BCUT2D eigenvalue weighted by Crippen LogP contribution is 2.41. The standard InChI is InChI=1S/C32H27ClN4O2S/c1-5-39-28(38)16-25-18(2)12-27-30(29(25)20-6-8-24(33)9-7-20)40-32(36-27)21-10-11-34-26(15-21)23-14-22-13-19(3)37(4)31(22)35-17-23/h6-15,17H,5,16H2,1-4H3. The summed E-state index contributed by atoms with van der Waals surface area (Å²) in [5.41, 5.74) is 9.68. The van der Waals surface area contributed by atoms with E-state index in [9.17, 15) is 4.79 Å². The number of thiazole rings is 1. The largest absolute Gasteiger partial charge is 0.466 e. The van der Waals surface area contributed by atoms with Gasteiger partial charge in [-0.05, 0) is 79.9 Å². The molecule has 8 heteroatoms. The second kappa shape index (κ2) is 10.5. The Labute approximate surface area is 241 Å². The lowest BCUT2D eigenvalue weighted by Gasteiger charge is -2.14. The lowest BCUT2D eigenvalue weighted by Crippen LogP contribution is -2.09. The number of fused-ring (bicyclic) bond motifs is 2. The number of halogens is 1. The molecule has 6 rings (SSSR count). The first-order valence-electron chi connectivity index (χ1n) is 13.1. The van der Waals surface area contributed by atoms with Crippen LogP contribution in [0.3, 0.4) is 0 Å². The van der Waals surface area contributed by atoms with E-state index in [1.165, 1.54) is 0 Å². The number of carbonyl (C=O) groups excluding carboxylic acids is 1. The van der Waals surface area contributed by atoms with Crippen LogP contribution in [0.15, 0.2) is 67.0 Å². The molecule has 40 heavy (non-hydrogen) atoms. The first kappa shape index (κ1) is 26.2. The van der Waals surface area contributed by atoms with E-state index in [-0.39, 0.29) is 12.4 Å². The molecule has 0 atom stereocenters. The van der Waals surface area contributed by atoms with E-state index in [0.29, 0.717) is 11.6 Å². The third-order valence-corrected chi connectivity index (χ3v) is 8.57. The van der Waals surface area contributed by atoms with Crippen LogP contribution in [0.5, 0.6) is 0 Å². The Hall–Kier alpha value is -4.07. The molecule has 0 aliphatic heterocycles. The summed E-state index contributed by atoms with van der Waals surface area (Å²) in [4.78, 5) is 26.9. The van der Waals surface area contributed by atoms with Crippen LogP contribution < -0.4 is 0 Å². The Morgan fingerprint density at radius 2 is 1.80 bits per heavy atom. The molecule has 2 aromatic carbocycles. The van der Waals surface area contributed by atoms with Gasteiger partial charge in [0.15, 0.2) is 0 Å². The van der Waals surface area contributed by atoms with Gasteiger partial charge < -0.3 is 9.30 Å². The number of rotatable bonds is 6. The third kappa shape index (κ3) is 4.76. The highest BCUT2D eigenvalue weighted by atomic mass is 35.5. The van der Waals surface area contributed by atoms with Crippen molar-refractivity contribution in [1.29, 1.82) is 0 Å². The van der Waals surface area contributed by atoms with Gasteiger partial charge in [-0.1, -0.05) is 23.7 Å². The number of hydrogen-bond acceptors (Lipinski definition) is 6. The van der Waals surface area contributed by atoms with Crippen LogP contribution in [-0.4, -0.2) is 32.1 Å². The summed E-state index contributed by atoms with van der Waals surface area (Å²) in [6.45, 7) is 6.26. The lowest BCUT2D eigenvalue weighted by atomic mass is 9.93. The Morgan fingerprint density at radius 3 is 2.58 bits per heavy atom. The van der Waals surface area contributed by atoms with Crippen LogP contribution in [0.2, 0.25) is 5.02 Å². The number of hydrogen-bond donors (Lipinski definition) is 0. The SMILES string of the molecule is CCOC(=O)Cc1c(C)cc2nc(-c3ccnc(-c4cnc5c(c4)cc(C)n5C)c3)sc2c1-c1ccc(Cl)cc1. The molecule has 6 aromatic rings. The molecule has 0 amide bonds. The molecule has 0 spiro atoms. The fraction of sp³-hybridized carbons (Fsp3) is 0.188. The quantitative estimate of drug-likeness (QED) is 0.191. The van der Waals surface area contributed by atoms with E-state index < -0.39 is 0 Å². The zero-order chi connectivity index (χ0) is 28.0. The number of carbonyl (C=O) groups is 1. The summed E-state index contributed by atoms with van der Waals surface area (Å²) in [5.74, 6) is -0.247. The molecule has 0 radical (unpaired) electrons. The van der Waals surface area contributed by atoms with Crippen LogP contribution in [0, 0.1) is 13.8 Å². The minimum absolute atomic E-state index is 0.189. The second-order valence-electron chi connectivity index (χ2n) is 9.81. The summed E-state index contributed by atoms with van der Waals surface area (Å²) < 4.78 is 8.40. The predicted octanol–water partition coefficient (Wildman–Crippen LogP) is 7.95. The molecule has 0 saturated carbocycles. The Kier molecular flexibility index (Phi) is 6.86. The zero-order valence-corrected chi connectivity index (χ0v) is 24.2. The van der Waals surface area contributed by atoms with Crippen LogP contribution in [-0.2, 0) is 23.0 Å². The van der Waals surface area contributed by atoms with Crippen molar-refractivity contribution in [3.8, 4) is 33.0 Å². The van der Waals surface area contributed by atoms with Gasteiger partial charge in [-0.2, -0.15) is 0 Å². The third-order valence-electron chi connectivity index (χ3n) is 7.18. The normalized spacial score (nSPS) is 11.4. The number of ether oxygens (including phenoxy) is 1. The van der Waals surface area contributed by atoms with E-state index in [2.05, 4.69) is 45.7 Å². The van der Waals surface area contributed by atoms with Crippen molar-refractivity contribution in [3.05, 3.63) is 88.8 Å². The number of nitrogens with zero attached hydrogens (tertiary/aromatic N) is 4. The molecule has 4 aromatic heterocycles.